The second-order valence-corrected chi connectivity index (χ2v) is 5.87. The van der Waals surface area contributed by atoms with Crippen molar-refractivity contribution in [3.05, 3.63) is 46.9 Å². The van der Waals surface area contributed by atoms with E-state index in [9.17, 15) is 0 Å². The summed E-state index contributed by atoms with van der Waals surface area (Å²) in [6.45, 7) is 0. The Balaban J connectivity index is 1.79. The van der Waals surface area contributed by atoms with Gasteiger partial charge in [0.15, 0.2) is 17.2 Å². The average Bonchev–Trinajstić information content (AvgIpc) is 3.17. The summed E-state index contributed by atoms with van der Waals surface area (Å²) in [5.74, 6) is 0.423. The molecule has 0 aliphatic heterocycles. The molecule has 0 unspecified atom stereocenters. The van der Waals surface area contributed by atoms with Crippen molar-refractivity contribution in [2.45, 2.75) is 0 Å². The number of nitrogens with zero attached hydrogens (tertiary/aromatic N) is 5. The second kappa shape index (κ2) is 5.04. The summed E-state index contributed by atoms with van der Waals surface area (Å²) in [6, 6.07) is 9.26. The Kier molecular flexibility index (Phi) is 3.02. The van der Waals surface area contributed by atoms with Gasteiger partial charge in [-0.05, 0) is 12.1 Å². The van der Waals surface area contributed by atoms with Gasteiger partial charge in [0.2, 0.25) is 0 Å². The number of nitrogen functional groups attached to an aromatic ring is 1. The molecule has 0 spiro atoms. The maximum Gasteiger partial charge on any atom is 0.179 e. The Hall–Kier alpha value is -2.51. The van der Waals surface area contributed by atoms with Crippen molar-refractivity contribution < 1.29 is 0 Å². The number of anilines is 1. The third kappa shape index (κ3) is 2.11. The average molecular weight is 329 g/mol. The summed E-state index contributed by atoms with van der Waals surface area (Å²) in [7, 11) is 0. The van der Waals surface area contributed by atoms with Crippen LogP contribution >= 0.6 is 22.9 Å². The SMILES string of the molecule is Nc1c(-c2nc(-c3ccc(Cl)cc3)cs2)nnc2ccnn12. The van der Waals surface area contributed by atoms with Crippen LogP contribution in [-0.2, 0) is 0 Å². The second-order valence-electron chi connectivity index (χ2n) is 4.58. The van der Waals surface area contributed by atoms with E-state index in [0.717, 1.165) is 11.3 Å². The molecular weight excluding hydrogens is 320 g/mol. The molecule has 0 saturated heterocycles. The van der Waals surface area contributed by atoms with Crippen molar-refractivity contribution in [3.8, 4) is 22.0 Å². The summed E-state index contributed by atoms with van der Waals surface area (Å²) in [6.07, 6.45) is 1.63. The van der Waals surface area contributed by atoms with E-state index in [1.165, 1.54) is 11.3 Å². The maximum absolute atomic E-state index is 6.11. The number of rotatable bonds is 2. The van der Waals surface area contributed by atoms with E-state index in [-0.39, 0.29) is 0 Å². The van der Waals surface area contributed by atoms with E-state index in [0.29, 0.717) is 27.2 Å². The first-order valence-corrected chi connectivity index (χ1v) is 7.66. The van der Waals surface area contributed by atoms with Crippen molar-refractivity contribution in [3.63, 3.8) is 0 Å². The summed E-state index contributed by atoms with van der Waals surface area (Å²) < 4.78 is 1.55. The number of halogens is 1. The molecule has 0 amide bonds. The Labute approximate surface area is 134 Å². The lowest BCUT2D eigenvalue weighted by Gasteiger charge is -2.02. The zero-order chi connectivity index (χ0) is 15.1. The van der Waals surface area contributed by atoms with Crippen LogP contribution < -0.4 is 5.73 Å². The molecule has 108 valence electrons. The molecular formula is C14H9ClN6S. The number of thiazole rings is 1. The molecule has 0 aliphatic rings. The number of nitrogens with two attached hydrogens (primary N) is 1. The van der Waals surface area contributed by atoms with Crippen LogP contribution in [-0.4, -0.2) is 24.8 Å². The van der Waals surface area contributed by atoms with Crippen LogP contribution in [0.4, 0.5) is 5.82 Å². The van der Waals surface area contributed by atoms with Crippen LogP contribution in [0.3, 0.4) is 0 Å². The fourth-order valence-electron chi connectivity index (χ4n) is 2.10. The van der Waals surface area contributed by atoms with Gasteiger partial charge in [0.1, 0.15) is 5.01 Å². The standard InChI is InChI=1S/C14H9ClN6S/c15-9-3-1-8(2-4-9)10-7-22-14(18-10)12-13(16)21-11(19-20-12)5-6-17-21/h1-7H,16H2. The van der Waals surface area contributed by atoms with Gasteiger partial charge in [-0.15, -0.1) is 21.5 Å². The van der Waals surface area contributed by atoms with Crippen LogP contribution in [0.5, 0.6) is 0 Å². The highest BCUT2D eigenvalue weighted by molar-refractivity contribution is 7.13. The highest BCUT2D eigenvalue weighted by Gasteiger charge is 2.14. The van der Waals surface area contributed by atoms with E-state index in [1.54, 1.807) is 16.8 Å². The molecule has 3 heterocycles. The minimum absolute atomic E-state index is 0.423. The van der Waals surface area contributed by atoms with Crippen LogP contribution in [0.1, 0.15) is 0 Å². The summed E-state index contributed by atoms with van der Waals surface area (Å²) >= 11 is 7.36. The van der Waals surface area contributed by atoms with Gasteiger partial charge in [-0.3, -0.25) is 0 Å². The first kappa shape index (κ1) is 13.2. The molecule has 2 N–H and O–H groups in total. The van der Waals surface area contributed by atoms with E-state index >= 15 is 0 Å². The van der Waals surface area contributed by atoms with Crippen molar-refractivity contribution in [2.75, 3.05) is 5.73 Å². The van der Waals surface area contributed by atoms with E-state index < -0.39 is 0 Å². The summed E-state index contributed by atoms with van der Waals surface area (Å²) in [5.41, 5.74) is 9.08. The molecule has 0 aliphatic carbocycles. The fourth-order valence-corrected chi connectivity index (χ4v) is 3.04. The van der Waals surface area contributed by atoms with E-state index in [2.05, 4.69) is 20.3 Å². The lowest BCUT2D eigenvalue weighted by molar-refractivity contribution is 0.906. The third-order valence-electron chi connectivity index (χ3n) is 3.19. The molecule has 0 saturated carbocycles. The van der Waals surface area contributed by atoms with Gasteiger partial charge in [0.25, 0.3) is 0 Å². The molecule has 8 heteroatoms. The van der Waals surface area contributed by atoms with Gasteiger partial charge < -0.3 is 5.73 Å². The highest BCUT2D eigenvalue weighted by Crippen LogP contribution is 2.30. The zero-order valence-corrected chi connectivity index (χ0v) is 12.7. The van der Waals surface area contributed by atoms with Gasteiger partial charge in [-0.1, -0.05) is 23.7 Å². The fraction of sp³-hybridized carbons (Fsp3) is 0. The molecule has 4 rings (SSSR count). The molecule has 3 aromatic heterocycles. The van der Waals surface area contributed by atoms with Crippen LogP contribution in [0, 0.1) is 0 Å². The smallest absolute Gasteiger partial charge is 0.179 e. The predicted octanol–water partition coefficient (Wildman–Crippen LogP) is 3.15. The van der Waals surface area contributed by atoms with Crippen molar-refractivity contribution in [1.82, 2.24) is 24.8 Å². The molecule has 6 nitrogen and oxygen atoms in total. The normalized spacial score (nSPS) is 11.1. The third-order valence-corrected chi connectivity index (χ3v) is 4.29. The zero-order valence-electron chi connectivity index (χ0n) is 11.1. The number of fused-ring (bicyclic) bond motifs is 1. The van der Waals surface area contributed by atoms with Gasteiger partial charge in [-0.2, -0.15) is 9.61 Å². The molecule has 0 fully saturated rings. The maximum atomic E-state index is 6.11. The first-order chi connectivity index (χ1) is 10.7. The Bertz CT molecular complexity index is 959. The van der Waals surface area contributed by atoms with E-state index in [1.807, 2.05) is 29.6 Å². The first-order valence-electron chi connectivity index (χ1n) is 6.40. The summed E-state index contributed by atoms with van der Waals surface area (Å²) in [5, 5.41) is 15.7. The molecule has 0 atom stereocenters. The minimum Gasteiger partial charge on any atom is -0.382 e. The predicted molar refractivity (Wildman–Crippen MR) is 86.7 cm³/mol. The largest absolute Gasteiger partial charge is 0.382 e. The van der Waals surface area contributed by atoms with Gasteiger partial charge in [-0.25, -0.2) is 4.98 Å². The molecule has 0 radical (unpaired) electrons. The number of hydrogen-bond acceptors (Lipinski definition) is 6. The molecule has 1 aromatic carbocycles. The number of aromatic nitrogens is 5. The topological polar surface area (TPSA) is 82.0 Å². The van der Waals surface area contributed by atoms with E-state index in [4.69, 9.17) is 17.3 Å². The lowest BCUT2D eigenvalue weighted by atomic mass is 10.2. The van der Waals surface area contributed by atoms with Crippen LogP contribution in [0.2, 0.25) is 5.02 Å². The Morgan fingerprint density at radius 3 is 2.73 bits per heavy atom. The van der Waals surface area contributed by atoms with Crippen molar-refractivity contribution >= 4 is 34.4 Å². The quantitative estimate of drug-likeness (QED) is 0.611. The Morgan fingerprint density at radius 1 is 1.09 bits per heavy atom. The monoisotopic (exact) mass is 328 g/mol. The summed E-state index contributed by atoms with van der Waals surface area (Å²) in [4.78, 5) is 4.58. The van der Waals surface area contributed by atoms with Gasteiger partial charge >= 0.3 is 0 Å². The molecule has 22 heavy (non-hydrogen) atoms. The number of benzene rings is 1. The Morgan fingerprint density at radius 2 is 1.91 bits per heavy atom. The molecule has 4 aromatic rings. The van der Waals surface area contributed by atoms with Gasteiger partial charge in [0.05, 0.1) is 11.9 Å². The van der Waals surface area contributed by atoms with Crippen LogP contribution in [0.25, 0.3) is 27.6 Å². The highest BCUT2D eigenvalue weighted by atomic mass is 35.5. The number of hydrogen-bond donors (Lipinski definition) is 1. The minimum atomic E-state index is 0.423. The van der Waals surface area contributed by atoms with Crippen molar-refractivity contribution in [1.29, 1.82) is 0 Å². The van der Waals surface area contributed by atoms with Crippen LogP contribution in [0.15, 0.2) is 41.9 Å². The lowest BCUT2D eigenvalue weighted by Crippen LogP contribution is -2.05. The van der Waals surface area contributed by atoms with Gasteiger partial charge in [0, 0.05) is 22.0 Å². The molecule has 0 bridgehead atoms. The van der Waals surface area contributed by atoms with Crippen molar-refractivity contribution in [2.24, 2.45) is 0 Å².